The van der Waals surface area contributed by atoms with Crippen LogP contribution in [0, 0.1) is 0 Å². The van der Waals surface area contributed by atoms with E-state index in [2.05, 4.69) is 146 Å². The minimum absolute atomic E-state index is 0.567. The van der Waals surface area contributed by atoms with Gasteiger partial charge < -0.3 is 4.42 Å². The van der Waals surface area contributed by atoms with Crippen molar-refractivity contribution in [1.82, 2.24) is 15.0 Å². The lowest BCUT2D eigenvalue weighted by atomic mass is 9.94. The van der Waals surface area contributed by atoms with Gasteiger partial charge in [-0.1, -0.05) is 158 Å². The second kappa shape index (κ2) is 13.3. The van der Waals surface area contributed by atoms with Gasteiger partial charge in [0.2, 0.25) is 0 Å². The summed E-state index contributed by atoms with van der Waals surface area (Å²) in [7, 11) is 0. The summed E-state index contributed by atoms with van der Waals surface area (Å²) in [5.74, 6) is 1.80. The Kier molecular flexibility index (Phi) is 7.64. The number of aromatic nitrogens is 3. The van der Waals surface area contributed by atoms with Crippen LogP contribution in [0.4, 0.5) is 0 Å². The summed E-state index contributed by atoms with van der Waals surface area (Å²) in [6, 6.07) is 65.6. The van der Waals surface area contributed by atoms with E-state index in [4.69, 9.17) is 19.4 Å². The lowest BCUT2D eigenvalue weighted by molar-refractivity contribution is 0.669. The van der Waals surface area contributed by atoms with E-state index < -0.39 is 0 Å². The Bertz CT molecular complexity index is 3240. The average molecular weight is 734 g/mol. The Morgan fingerprint density at radius 3 is 1.62 bits per heavy atom. The maximum Gasteiger partial charge on any atom is 0.167 e. The molecule has 0 unspecified atom stereocenters. The number of benzene rings is 8. The van der Waals surface area contributed by atoms with E-state index in [1.54, 1.807) is 11.3 Å². The SMILES string of the molecule is c1ccc(-c2nc(-c3cccc4c3oc3cccc(-c5ccccc5)c34)nc(-c3cccc4c3sc3ccc(-c5ccccc5-c5ccccc5)cc34)n2)cc1. The molecule has 262 valence electrons. The van der Waals surface area contributed by atoms with Gasteiger partial charge in [0.05, 0.1) is 5.56 Å². The molecule has 0 aliphatic rings. The zero-order chi connectivity index (χ0) is 37.0. The summed E-state index contributed by atoms with van der Waals surface area (Å²) in [4.78, 5) is 15.5. The van der Waals surface area contributed by atoms with Crippen LogP contribution in [0.25, 0.3) is 110 Å². The second-order valence-electron chi connectivity index (χ2n) is 13.9. The van der Waals surface area contributed by atoms with Crippen LogP contribution in [0.2, 0.25) is 0 Å². The summed E-state index contributed by atoms with van der Waals surface area (Å²) in [6.07, 6.45) is 0. The van der Waals surface area contributed by atoms with Gasteiger partial charge >= 0.3 is 0 Å². The molecule has 3 heterocycles. The number of rotatable bonds is 6. The Morgan fingerprint density at radius 2 is 0.893 bits per heavy atom. The molecule has 0 N–H and O–H groups in total. The summed E-state index contributed by atoms with van der Waals surface area (Å²) < 4.78 is 9.04. The molecule has 11 rings (SSSR count). The topological polar surface area (TPSA) is 51.8 Å². The summed E-state index contributed by atoms with van der Waals surface area (Å²) in [5, 5.41) is 4.49. The highest BCUT2D eigenvalue weighted by molar-refractivity contribution is 7.26. The fourth-order valence-electron chi connectivity index (χ4n) is 7.96. The molecule has 11 aromatic rings. The number of hydrogen-bond acceptors (Lipinski definition) is 5. The number of fused-ring (bicyclic) bond motifs is 6. The van der Waals surface area contributed by atoms with E-state index in [1.165, 1.54) is 37.7 Å². The van der Waals surface area contributed by atoms with Crippen molar-refractivity contribution >= 4 is 53.4 Å². The molecule has 5 heteroatoms. The normalized spacial score (nSPS) is 11.6. The highest BCUT2D eigenvalue weighted by Crippen LogP contribution is 2.44. The quantitative estimate of drug-likeness (QED) is 0.171. The maximum atomic E-state index is 6.69. The third-order valence-electron chi connectivity index (χ3n) is 10.6. The van der Waals surface area contributed by atoms with Crippen LogP contribution < -0.4 is 0 Å². The zero-order valence-electron chi connectivity index (χ0n) is 30.1. The van der Waals surface area contributed by atoms with Crippen LogP contribution in [-0.4, -0.2) is 15.0 Å². The van der Waals surface area contributed by atoms with E-state index in [0.717, 1.165) is 54.5 Å². The van der Waals surface area contributed by atoms with E-state index in [1.807, 2.05) is 42.5 Å². The number of furan rings is 1. The highest BCUT2D eigenvalue weighted by atomic mass is 32.1. The molecule has 0 atom stereocenters. The van der Waals surface area contributed by atoms with Crippen molar-refractivity contribution in [2.75, 3.05) is 0 Å². The van der Waals surface area contributed by atoms with Crippen molar-refractivity contribution in [1.29, 1.82) is 0 Å². The Morgan fingerprint density at radius 1 is 0.357 bits per heavy atom. The molecule has 0 fully saturated rings. The smallest absolute Gasteiger partial charge is 0.167 e. The van der Waals surface area contributed by atoms with Crippen LogP contribution in [0.5, 0.6) is 0 Å². The van der Waals surface area contributed by atoms with Crippen LogP contribution in [0.15, 0.2) is 192 Å². The van der Waals surface area contributed by atoms with Gasteiger partial charge in [-0.25, -0.2) is 15.0 Å². The van der Waals surface area contributed by atoms with Gasteiger partial charge in [-0.15, -0.1) is 11.3 Å². The monoisotopic (exact) mass is 733 g/mol. The number of nitrogens with zero attached hydrogens (tertiary/aromatic N) is 3. The summed E-state index contributed by atoms with van der Waals surface area (Å²) >= 11 is 1.78. The first-order valence-electron chi connectivity index (χ1n) is 18.7. The summed E-state index contributed by atoms with van der Waals surface area (Å²) in [6.45, 7) is 0. The molecule has 4 nitrogen and oxygen atoms in total. The Balaban J connectivity index is 1.10. The third kappa shape index (κ3) is 5.40. The molecule has 0 bridgehead atoms. The van der Waals surface area contributed by atoms with Gasteiger partial charge in [0.25, 0.3) is 0 Å². The Hall–Kier alpha value is -7.21. The van der Waals surface area contributed by atoms with Crippen molar-refractivity contribution < 1.29 is 4.42 Å². The maximum absolute atomic E-state index is 6.69. The van der Waals surface area contributed by atoms with Crippen LogP contribution >= 0.6 is 11.3 Å². The zero-order valence-corrected chi connectivity index (χ0v) is 30.9. The molecule has 0 saturated carbocycles. The second-order valence-corrected chi connectivity index (χ2v) is 15.0. The molecule has 0 aliphatic carbocycles. The Labute approximate surface area is 327 Å². The first-order chi connectivity index (χ1) is 27.8. The van der Waals surface area contributed by atoms with Crippen molar-refractivity contribution in [2.24, 2.45) is 0 Å². The fraction of sp³-hybridized carbons (Fsp3) is 0. The van der Waals surface area contributed by atoms with E-state index in [-0.39, 0.29) is 0 Å². The van der Waals surface area contributed by atoms with Crippen LogP contribution in [-0.2, 0) is 0 Å². The molecule has 56 heavy (non-hydrogen) atoms. The minimum Gasteiger partial charge on any atom is -0.455 e. The predicted molar refractivity (Wildman–Crippen MR) is 233 cm³/mol. The van der Waals surface area contributed by atoms with Crippen molar-refractivity contribution in [3.63, 3.8) is 0 Å². The van der Waals surface area contributed by atoms with Gasteiger partial charge in [-0.2, -0.15) is 0 Å². The van der Waals surface area contributed by atoms with Gasteiger partial charge in [-0.3, -0.25) is 0 Å². The molecular formula is C51H31N3OS. The number of hydrogen-bond donors (Lipinski definition) is 0. The molecule has 0 aliphatic heterocycles. The third-order valence-corrected chi connectivity index (χ3v) is 11.8. The molecule has 8 aromatic carbocycles. The van der Waals surface area contributed by atoms with Crippen LogP contribution in [0.3, 0.4) is 0 Å². The lowest BCUT2D eigenvalue weighted by Gasteiger charge is -2.10. The molecule has 0 radical (unpaired) electrons. The van der Waals surface area contributed by atoms with Gasteiger partial charge in [0, 0.05) is 42.1 Å². The minimum atomic E-state index is 0.567. The number of para-hydroxylation sites is 1. The van der Waals surface area contributed by atoms with E-state index in [0.29, 0.717) is 17.5 Å². The van der Waals surface area contributed by atoms with Crippen molar-refractivity contribution in [2.45, 2.75) is 0 Å². The highest BCUT2D eigenvalue weighted by Gasteiger charge is 2.21. The fourth-order valence-corrected chi connectivity index (χ4v) is 9.15. The summed E-state index contributed by atoms with van der Waals surface area (Å²) in [5.41, 5.74) is 11.4. The van der Waals surface area contributed by atoms with Gasteiger partial charge in [0.15, 0.2) is 17.5 Å². The van der Waals surface area contributed by atoms with E-state index in [9.17, 15) is 0 Å². The molecule has 3 aromatic heterocycles. The first-order valence-corrected chi connectivity index (χ1v) is 19.5. The predicted octanol–water partition coefficient (Wildman–Crippen LogP) is 14.1. The molecule has 0 spiro atoms. The average Bonchev–Trinajstić information content (AvgIpc) is 3.86. The molecule has 0 amide bonds. The van der Waals surface area contributed by atoms with Gasteiger partial charge in [-0.05, 0) is 63.7 Å². The first kappa shape index (κ1) is 32.2. The number of thiophene rings is 1. The van der Waals surface area contributed by atoms with Crippen LogP contribution in [0.1, 0.15) is 0 Å². The van der Waals surface area contributed by atoms with Crippen molar-refractivity contribution in [3.8, 4) is 67.5 Å². The van der Waals surface area contributed by atoms with Crippen molar-refractivity contribution in [3.05, 3.63) is 188 Å². The standard InChI is InChI=1S/C51H31N3OS/c1-4-15-32(16-5-1)36-21-10-11-22-37(36)35-29-30-45-43(31-35)39-24-12-27-42(48(39)56-45)51-53-49(34-19-8-3-9-20-34)52-50(54-51)41-26-13-25-40-46-38(33-17-6-2-7-18-33)23-14-28-44(46)55-47(40)41/h1-31H. The lowest BCUT2D eigenvalue weighted by Crippen LogP contribution is -2.00. The largest absolute Gasteiger partial charge is 0.455 e. The molecular weight excluding hydrogens is 703 g/mol. The van der Waals surface area contributed by atoms with Gasteiger partial charge in [0.1, 0.15) is 11.2 Å². The van der Waals surface area contributed by atoms with E-state index >= 15 is 0 Å². The molecule has 0 saturated heterocycles.